The molecule has 1 heterocycles. The van der Waals surface area contributed by atoms with E-state index in [1.165, 1.54) is 0 Å². The normalized spacial score (nSPS) is 26.6. The maximum absolute atomic E-state index is 11.8. The molecule has 0 aromatic carbocycles. The van der Waals surface area contributed by atoms with Crippen molar-refractivity contribution in [2.75, 3.05) is 13.6 Å². The first-order valence-electron chi connectivity index (χ1n) is 7.33. The lowest BCUT2D eigenvalue weighted by atomic mass is 9.69. The molecule has 0 saturated heterocycles. The third kappa shape index (κ3) is 3.57. The minimum Gasteiger partial charge on any atom is -0.481 e. The monoisotopic (exact) mass is 276 g/mol. The van der Waals surface area contributed by atoms with Gasteiger partial charge in [0.15, 0.2) is 0 Å². The number of carboxylic acid groups (broad SMARTS) is 1. The summed E-state index contributed by atoms with van der Waals surface area (Å²) in [7, 11) is 2.00. The molecule has 1 aliphatic carbocycles. The lowest BCUT2D eigenvalue weighted by Crippen LogP contribution is -2.44. The van der Waals surface area contributed by atoms with Crippen molar-refractivity contribution in [3.05, 3.63) is 30.1 Å². The van der Waals surface area contributed by atoms with Crippen LogP contribution in [-0.2, 0) is 11.3 Å². The summed E-state index contributed by atoms with van der Waals surface area (Å²) < 4.78 is 0. The predicted molar refractivity (Wildman–Crippen MR) is 78.3 cm³/mol. The molecule has 1 fully saturated rings. The summed E-state index contributed by atoms with van der Waals surface area (Å²) in [5, 5.41) is 9.68. The van der Waals surface area contributed by atoms with E-state index >= 15 is 0 Å². The highest BCUT2D eigenvalue weighted by Crippen LogP contribution is 2.40. The Hall–Kier alpha value is -1.42. The fraction of sp³-hybridized carbons (Fsp3) is 0.625. The van der Waals surface area contributed by atoms with Crippen molar-refractivity contribution < 1.29 is 9.90 Å². The number of rotatable bonds is 5. The Morgan fingerprint density at radius 3 is 3.00 bits per heavy atom. The number of aliphatic carboxylic acids is 1. The van der Waals surface area contributed by atoms with Crippen molar-refractivity contribution in [1.29, 1.82) is 0 Å². The summed E-state index contributed by atoms with van der Waals surface area (Å²) >= 11 is 0. The standard InChI is InChI=1S/C16H24N2O2/c1-13-5-3-7-16(9-13,15(19)20)12-18(2)11-14-6-4-8-17-10-14/h4,6,8,10,13H,3,5,7,9,11-12H2,1-2H3,(H,19,20). The average molecular weight is 276 g/mol. The fourth-order valence-electron chi connectivity index (χ4n) is 3.44. The maximum Gasteiger partial charge on any atom is 0.310 e. The number of hydrogen-bond donors (Lipinski definition) is 1. The van der Waals surface area contributed by atoms with Gasteiger partial charge in [0.1, 0.15) is 0 Å². The van der Waals surface area contributed by atoms with Gasteiger partial charge in [-0.05, 0) is 37.4 Å². The minimum atomic E-state index is -0.637. The van der Waals surface area contributed by atoms with Gasteiger partial charge in [-0.15, -0.1) is 0 Å². The molecule has 2 rings (SSSR count). The van der Waals surface area contributed by atoms with E-state index < -0.39 is 11.4 Å². The van der Waals surface area contributed by atoms with Gasteiger partial charge in [-0.3, -0.25) is 9.78 Å². The van der Waals surface area contributed by atoms with E-state index in [-0.39, 0.29) is 0 Å². The highest BCUT2D eigenvalue weighted by Gasteiger charge is 2.42. The molecule has 0 radical (unpaired) electrons. The Morgan fingerprint density at radius 2 is 2.40 bits per heavy atom. The second-order valence-corrected chi connectivity index (χ2v) is 6.32. The van der Waals surface area contributed by atoms with E-state index in [1.54, 1.807) is 6.20 Å². The molecule has 0 bridgehead atoms. The summed E-state index contributed by atoms with van der Waals surface area (Å²) in [6.45, 7) is 3.52. The number of carboxylic acids is 1. The summed E-state index contributed by atoms with van der Waals surface area (Å²) in [5.74, 6) is -0.131. The highest BCUT2D eigenvalue weighted by molar-refractivity contribution is 5.75. The molecule has 2 unspecified atom stereocenters. The Bertz CT molecular complexity index is 449. The molecule has 1 N–H and O–H groups in total. The molecule has 1 aliphatic rings. The summed E-state index contributed by atoms with van der Waals surface area (Å²) in [6, 6.07) is 3.94. The van der Waals surface area contributed by atoms with Crippen LogP contribution in [0.25, 0.3) is 0 Å². The summed E-state index contributed by atoms with van der Waals surface area (Å²) in [6.07, 6.45) is 7.36. The second kappa shape index (κ2) is 6.35. The molecule has 1 saturated carbocycles. The Balaban J connectivity index is 2.03. The van der Waals surface area contributed by atoms with Crippen LogP contribution in [0.15, 0.2) is 24.5 Å². The SMILES string of the molecule is CC1CCCC(CN(C)Cc2cccnc2)(C(=O)O)C1. The van der Waals surface area contributed by atoms with Crippen molar-refractivity contribution in [2.45, 2.75) is 39.2 Å². The van der Waals surface area contributed by atoms with Crippen LogP contribution in [0.1, 0.15) is 38.2 Å². The molecule has 0 amide bonds. The maximum atomic E-state index is 11.8. The van der Waals surface area contributed by atoms with E-state index in [4.69, 9.17) is 0 Å². The van der Waals surface area contributed by atoms with Gasteiger partial charge in [-0.2, -0.15) is 0 Å². The van der Waals surface area contributed by atoms with Crippen molar-refractivity contribution in [1.82, 2.24) is 9.88 Å². The molecule has 20 heavy (non-hydrogen) atoms. The summed E-state index contributed by atoms with van der Waals surface area (Å²) in [4.78, 5) is 18.0. The van der Waals surface area contributed by atoms with Crippen LogP contribution in [0.2, 0.25) is 0 Å². The van der Waals surface area contributed by atoms with Crippen molar-refractivity contribution >= 4 is 5.97 Å². The molecular formula is C16H24N2O2. The van der Waals surface area contributed by atoms with Crippen LogP contribution in [0.4, 0.5) is 0 Å². The zero-order chi connectivity index (χ0) is 14.6. The van der Waals surface area contributed by atoms with Crippen LogP contribution in [-0.4, -0.2) is 34.6 Å². The molecule has 1 aromatic heterocycles. The molecule has 1 aromatic rings. The third-order valence-electron chi connectivity index (χ3n) is 4.29. The van der Waals surface area contributed by atoms with E-state index in [2.05, 4.69) is 16.8 Å². The third-order valence-corrected chi connectivity index (χ3v) is 4.29. The van der Waals surface area contributed by atoms with Gasteiger partial charge in [0, 0.05) is 25.5 Å². The zero-order valence-electron chi connectivity index (χ0n) is 12.4. The molecule has 0 aliphatic heterocycles. The van der Waals surface area contributed by atoms with Gasteiger partial charge < -0.3 is 10.0 Å². The molecule has 4 heteroatoms. The second-order valence-electron chi connectivity index (χ2n) is 6.32. The van der Waals surface area contributed by atoms with Gasteiger partial charge in [-0.1, -0.05) is 25.8 Å². The summed E-state index contributed by atoms with van der Waals surface area (Å²) in [5.41, 5.74) is 0.550. The number of nitrogens with zero attached hydrogens (tertiary/aromatic N) is 2. The molecular weight excluding hydrogens is 252 g/mol. The van der Waals surface area contributed by atoms with Crippen LogP contribution < -0.4 is 0 Å². The smallest absolute Gasteiger partial charge is 0.310 e. The van der Waals surface area contributed by atoms with Crippen LogP contribution in [0, 0.1) is 11.3 Å². The first kappa shape index (κ1) is 15.0. The lowest BCUT2D eigenvalue weighted by molar-refractivity contribution is -0.153. The average Bonchev–Trinajstić information content (AvgIpc) is 2.39. The largest absolute Gasteiger partial charge is 0.481 e. The quantitative estimate of drug-likeness (QED) is 0.898. The first-order valence-corrected chi connectivity index (χ1v) is 7.33. The Kier molecular flexibility index (Phi) is 4.76. The number of carbonyl (C=O) groups is 1. The Morgan fingerprint density at radius 1 is 1.60 bits per heavy atom. The van der Waals surface area contributed by atoms with Crippen LogP contribution in [0.3, 0.4) is 0 Å². The predicted octanol–water partition coefficient (Wildman–Crippen LogP) is 2.79. The van der Waals surface area contributed by atoms with E-state index in [9.17, 15) is 9.90 Å². The zero-order valence-corrected chi connectivity index (χ0v) is 12.4. The highest BCUT2D eigenvalue weighted by atomic mass is 16.4. The fourth-order valence-corrected chi connectivity index (χ4v) is 3.44. The number of aromatic nitrogens is 1. The van der Waals surface area contributed by atoms with Crippen LogP contribution >= 0.6 is 0 Å². The van der Waals surface area contributed by atoms with E-state index in [0.29, 0.717) is 12.5 Å². The molecule has 0 spiro atoms. The number of pyridine rings is 1. The molecule has 2 atom stereocenters. The van der Waals surface area contributed by atoms with Gasteiger partial charge in [0.05, 0.1) is 5.41 Å². The molecule has 4 nitrogen and oxygen atoms in total. The van der Waals surface area contributed by atoms with E-state index in [1.807, 2.05) is 25.4 Å². The van der Waals surface area contributed by atoms with Crippen LogP contribution in [0.5, 0.6) is 0 Å². The van der Waals surface area contributed by atoms with Gasteiger partial charge in [0.25, 0.3) is 0 Å². The van der Waals surface area contributed by atoms with Gasteiger partial charge in [0.2, 0.25) is 0 Å². The van der Waals surface area contributed by atoms with E-state index in [0.717, 1.165) is 37.8 Å². The van der Waals surface area contributed by atoms with Gasteiger partial charge in [-0.25, -0.2) is 0 Å². The Labute approximate surface area is 120 Å². The van der Waals surface area contributed by atoms with Crippen molar-refractivity contribution in [3.63, 3.8) is 0 Å². The first-order chi connectivity index (χ1) is 9.52. The topological polar surface area (TPSA) is 53.4 Å². The van der Waals surface area contributed by atoms with Crippen molar-refractivity contribution in [3.8, 4) is 0 Å². The number of hydrogen-bond acceptors (Lipinski definition) is 3. The molecule has 110 valence electrons. The van der Waals surface area contributed by atoms with Crippen molar-refractivity contribution in [2.24, 2.45) is 11.3 Å². The minimum absolute atomic E-state index is 0.506. The van der Waals surface area contributed by atoms with Gasteiger partial charge >= 0.3 is 5.97 Å². The lowest BCUT2D eigenvalue weighted by Gasteiger charge is -2.39.